The standard InChI is InChI=1S/C12H21N3O2S/c1-8(12(2,3)4)6-9-13-11(15(5)14-9)18-7-10(16)17/h8H,6-7H2,1-5H3,(H,16,17). The number of aryl methyl sites for hydroxylation is 1. The summed E-state index contributed by atoms with van der Waals surface area (Å²) in [4.78, 5) is 14.9. The summed E-state index contributed by atoms with van der Waals surface area (Å²) >= 11 is 1.20. The lowest BCUT2D eigenvalue weighted by Gasteiger charge is -2.25. The molecule has 0 amide bonds. The van der Waals surface area contributed by atoms with Crippen molar-refractivity contribution in [1.29, 1.82) is 0 Å². The SMILES string of the molecule is CC(Cc1nc(SCC(=O)O)n(C)n1)C(C)(C)C. The molecule has 0 saturated heterocycles. The van der Waals surface area contributed by atoms with Crippen LogP contribution in [0.2, 0.25) is 0 Å². The van der Waals surface area contributed by atoms with E-state index in [-0.39, 0.29) is 11.2 Å². The van der Waals surface area contributed by atoms with Crippen molar-refractivity contribution in [1.82, 2.24) is 14.8 Å². The molecule has 5 nitrogen and oxygen atoms in total. The molecule has 1 aromatic heterocycles. The Kier molecular flexibility index (Phi) is 4.78. The normalized spacial score (nSPS) is 13.6. The van der Waals surface area contributed by atoms with Gasteiger partial charge < -0.3 is 5.11 Å². The van der Waals surface area contributed by atoms with Crippen LogP contribution < -0.4 is 0 Å². The van der Waals surface area contributed by atoms with Gasteiger partial charge in [0.2, 0.25) is 0 Å². The van der Waals surface area contributed by atoms with E-state index in [0.29, 0.717) is 11.1 Å². The molecule has 6 heteroatoms. The number of hydrogen-bond acceptors (Lipinski definition) is 4. The second-order valence-corrected chi connectivity index (χ2v) is 6.53. The van der Waals surface area contributed by atoms with E-state index in [0.717, 1.165) is 12.2 Å². The van der Waals surface area contributed by atoms with Gasteiger partial charge in [0.15, 0.2) is 11.0 Å². The van der Waals surface area contributed by atoms with Gasteiger partial charge in [-0.15, -0.1) is 0 Å². The predicted octanol–water partition coefficient (Wildman–Crippen LogP) is 2.22. The lowest BCUT2D eigenvalue weighted by molar-refractivity contribution is -0.133. The molecule has 0 bridgehead atoms. The number of aliphatic carboxylic acids is 1. The first-order chi connectivity index (χ1) is 8.20. The highest BCUT2D eigenvalue weighted by Crippen LogP contribution is 2.28. The minimum Gasteiger partial charge on any atom is -0.481 e. The zero-order valence-corrected chi connectivity index (χ0v) is 12.4. The van der Waals surface area contributed by atoms with Crippen LogP contribution in [-0.2, 0) is 18.3 Å². The quantitative estimate of drug-likeness (QED) is 0.832. The van der Waals surface area contributed by atoms with E-state index in [9.17, 15) is 4.79 Å². The Morgan fingerprint density at radius 2 is 2.11 bits per heavy atom. The van der Waals surface area contributed by atoms with Crippen molar-refractivity contribution < 1.29 is 9.90 Å². The van der Waals surface area contributed by atoms with E-state index in [1.807, 2.05) is 0 Å². The van der Waals surface area contributed by atoms with Gasteiger partial charge in [0.05, 0.1) is 5.75 Å². The molecule has 0 saturated carbocycles. The third kappa shape index (κ3) is 4.33. The Morgan fingerprint density at radius 3 is 2.61 bits per heavy atom. The summed E-state index contributed by atoms with van der Waals surface area (Å²) in [7, 11) is 1.79. The molecular weight excluding hydrogens is 250 g/mol. The molecule has 18 heavy (non-hydrogen) atoms. The van der Waals surface area contributed by atoms with Gasteiger partial charge in [-0.05, 0) is 11.3 Å². The summed E-state index contributed by atoms with van der Waals surface area (Å²) in [6.45, 7) is 8.77. The molecule has 0 aliphatic carbocycles. The topological polar surface area (TPSA) is 68.0 Å². The Balaban J connectivity index is 2.69. The third-order valence-corrected chi connectivity index (χ3v) is 4.06. The maximum atomic E-state index is 10.5. The highest BCUT2D eigenvalue weighted by atomic mass is 32.2. The molecule has 1 rings (SSSR count). The van der Waals surface area contributed by atoms with Crippen LogP contribution in [0.15, 0.2) is 5.16 Å². The number of carboxylic acid groups (broad SMARTS) is 1. The van der Waals surface area contributed by atoms with Gasteiger partial charge in [-0.1, -0.05) is 39.5 Å². The van der Waals surface area contributed by atoms with Gasteiger partial charge in [-0.3, -0.25) is 4.79 Å². The maximum absolute atomic E-state index is 10.5. The first kappa shape index (κ1) is 15.0. The number of thioether (sulfide) groups is 1. The molecule has 1 N–H and O–H groups in total. The first-order valence-corrected chi connectivity index (χ1v) is 6.93. The van der Waals surface area contributed by atoms with E-state index in [1.165, 1.54) is 11.8 Å². The maximum Gasteiger partial charge on any atom is 0.313 e. The number of hydrogen-bond donors (Lipinski definition) is 1. The van der Waals surface area contributed by atoms with Crippen LogP contribution in [0.5, 0.6) is 0 Å². The number of nitrogens with zero attached hydrogens (tertiary/aromatic N) is 3. The summed E-state index contributed by atoms with van der Waals surface area (Å²) in [5.41, 5.74) is 0.216. The second kappa shape index (κ2) is 5.73. The summed E-state index contributed by atoms with van der Waals surface area (Å²) in [6.07, 6.45) is 0.810. The van der Waals surface area contributed by atoms with E-state index in [4.69, 9.17) is 5.11 Å². The average Bonchev–Trinajstić information content (AvgIpc) is 2.54. The molecule has 0 aliphatic heterocycles. The highest BCUT2D eigenvalue weighted by Gasteiger charge is 2.22. The Bertz CT molecular complexity index is 423. The molecule has 1 atom stereocenters. The smallest absolute Gasteiger partial charge is 0.313 e. The van der Waals surface area contributed by atoms with Crippen LogP contribution in [0.1, 0.15) is 33.5 Å². The fraction of sp³-hybridized carbons (Fsp3) is 0.750. The summed E-state index contributed by atoms with van der Waals surface area (Å²) in [5.74, 6) is 0.429. The lowest BCUT2D eigenvalue weighted by atomic mass is 9.80. The van der Waals surface area contributed by atoms with Gasteiger partial charge in [-0.2, -0.15) is 5.10 Å². The largest absolute Gasteiger partial charge is 0.481 e. The molecular formula is C12H21N3O2S. The summed E-state index contributed by atoms with van der Waals surface area (Å²) in [5, 5.41) is 13.6. The Hall–Kier alpha value is -1.04. The van der Waals surface area contributed by atoms with Gasteiger partial charge in [0.1, 0.15) is 0 Å². The van der Waals surface area contributed by atoms with Crippen LogP contribution in [0.25, 0.3) is 0 Å². The minimum absolute atomic E-state index is 0.0147. The zero-order valence-electron chi connectivity index (χ0n) is 11.6. The van der Waals surface area contributed by atoms with Gasteiger partial charge in [0, 0.05) is 13.5 Å². The fourth-order valence-corrected chi connectivity index (χ4v) is 1.99. The lowest BCUT2D eigenvalue weighted by Crippen LogP contribution is -2.20. The van der Waals surface area contributed by atoms with Gasteiger partial charge >= 0.3 is 5.97 Å². The minimum atomic E-state index is -0.840. The Morgan fingerprint density at radius 1 is 1.50 bits per heavy atom. The fourth-order valence-electron chi connectivity index (χ4n) is 1.34. The van der Waals surface area contributed by atoms with Gasteiger partial charge in [-0.25, -0.2) is 9.67 Å². The molecule has 1 aromatic rings. The van der Waals surface area contributed by atoms with E-state index >= 15 is 0 Å². The molecule has 102 valence electrons. The van der Waals surface area contributed by atoms with Crippen molar-refractivity contribution in [2.24, 2.45) is 18.4 Å². The van der Waals surface area contributed by atoms with Crippen LogP contribution in [-0.4, -0.2) is 31.6 Å². The molecule has 0 radical (unpaired) electrons. The number of aromatic nitrogens is 3. The number of rotatable bonds is 5. The van der Waals surface area contributed by atoms with Crippen molar-refractivity contribution >= 4 is 17.7 Å². The molecule has 0 spiro atoms. The van der Waals surface area contributed by atoms with E-state index < -0.39 is 5.97 Å². The number of carbonyl (C=O) groups is 1. The van der Waals surface area contributed by atoms with Gasteiger partial charge in [0.25, 0.3) is 0 Å². The van der Waals surface area contributed by atoms with E-state index in [1.54, 1.807) is 11.7 Å². The van der Waals surface area contributed by atoms with E-state index in [2.05, 4.69) is 37.8 Å². The molecule has 0 aromatic carbocycles. The summed E-state index contributed by atoms with van der Waals surface area (Å²) in [6, 6.07) is 0. The second-order valence-electron chi connectivity index (χ2n) is 5.59. The van der Waals surface area contributed by atoms with Crippen molar-refractivity contribution in [2.75, 3.05) is 5.75 Å². The molecule has 0 aliphatic rings. The van der Waals surface area contributed by atoms with Crippen LogP contribution >= 0.6 is 11.8 Å². The van der Waals surface area contributed by atoms with Crippen LogP contribution in [0, 0.1) is 11.3 Å². The van der Waals surface area contributed by atoms with Crippen LogP contribution in [0.4, 0.5) is 0 Å². The summed E-state index contributed by atoms with van der Waals surface area (Å²) < 4.78 is 1.65. The molecule has 1 unspecified atom stereocenters. The first-order valence-electron chi connectivity index (χ1n) is 5.94. The average molecular weight is 271 g/mol. The van der Waals surface area contributed by atoms with Crippen molar-refractivity contribution in [3.05, 3.63) is 5.82 Å². The monoisotopic (exact) mass is 271 g/mol. The predicted molar refractivity (Wildman–Crippen MR) is 71.7 cm³/mol. The molecule has 0 fully saturated rings. The Labute approximate surface area is 112 Å². The van der Waals surface area contributed by atoms with Crippen molar-refractivity contribution in [3.8, 4) is 0 Å². The zero-order chi connectivity index (χ0) is 13.9. The van der Waals surface area contributed by atoms with Crippen LogP contribution in [0.3, 0.4) is 0 Å². The molecule has 1 heterocycles. The highest BCUT2D eigenvalue weighted by molar-refractivity contribution is 7.99. The number of carboxylic acids is 1. The van der Waals surface area contributed by atoms with Crippen molar-refractivity contribution in [3.63, 3.8) is 0 Å². The third-order valence-electron chi connectivity index (χ3n) is 3.06. The van der Waals surface area contributed by atoms with Crippen molar-refractivity contribution in [2.45, 2.75) is 39.3 Å².